The molecule has 1 atom stereocenters. The van der Waals surface area contributed by atoms with Gasteiger partial charge in [0.1, 0.15) is 6.04 Å². The highest BCUT2D eigenvalue weighted by atomic mass is 35.5. The molecule has 0 aliphatic rings. The van der Waals surface area contributed by atoms with E-state index in [0.29, 0.717) is 18.7 Å². The van der Waals surface area contributed by atoms with Crippen molar-refractivity contribution in [3.05, 3.63) is 58.6 Å². The maximum atomic E-state index is 12.5. The molecule has 0 unspecified atom stereocenters. The van der Waals surface area contributed by atoms with E-state index < -0.39 is 0 Å². The molecule has 0 heterocycles. The fourth-order valence-corrected chi connectivity index (χ4v) is 2.82. The smallest absolute Gasteiger partial charge is 0.251 e. The molecular weight excluding hydrogens is 340 g/mol. The molecule has 2 aromatic rings. The summed E-state index contributed by atoms with van der Waals surface area (Å²) in [5.41, 5.74) is 1.51. The molecule has 0 fully saturated rings. The second-order valence-electron chi connectivity index (χ2n) is 5.99. The summed E-state index contributed by atoms with van der Waals surface area (Å²) in [6.07, 6.45) is 0. The number of rotatable bonds is 7. The van der Waals surface area contributed by atoms with E-state index in [1.165, 1.54) is 17.0 Å². The number of carbonyl (C=O) groups is 1. The van der Waals surface area contributed by atoms with Crippen LogP contribution < -0.4 is 15.0 Å². The summed E-state index contributed by atoms with van der Waals surface area (Å²) < 4.78 is 5.32. The number of amides is 1. The predicted molar refractivity (Wildman–Crippen MR) is 98.6 cm³/mol. The molecule has 2 rings (SSSR count). The number of benzene rings is 2. The van der Waals surface area contributed by atoms with Gasteiger partial charge in [-0.25, -0.2) is 0 Å². The van der Waals surface area contributed by atoms with Crippen LogP contribution in [-0.4, -0.2) is 38.3 Å². The van der Waals surface area contributed by atoms with Crippen molar-refractivity contribution in [1.82, 2.24) is 5.32 Å². The minimum atomic E-state index is -0.259. The predicted octanol–water partition coefficient (Wildman–Crippen LogP) is 2.06. The van der Waals surface area contributed by atoms with Crippen LogP contribution >= 0.6 is 11.6 Å². The normalized spacial score (nSPS) is 12.0. The summed E-state index contributed by atoms with van der Waals surface area (Å²) in [6, 6.07) is 13.1. The highest BCUT2D eigenvalue weighted by Gasteiger charge is 2.20. The lowest BCUT2D eigenvalue weighted by Gasteiger charge is -2.22. The van der Waals surface area contributed by atoms with Gasteiger partial charge in [-0.15, -0.1) is 0 Å². The van der Waals surface area contributed by atoms with E-state index in [1.807, 2.05) is 18.2 Å². The lowest BCUT2D eigenvalue weighted by atomic mass is 10.1. The molecule has 0 radical (unpaired) electrons. The van der Waals surface area contributed by atoms with Crippen molar-refractivity contribution in [3.8, 4) is 11.5 Å². The van der Waals surface area contributed by atoms with Crippen molar-refractivity contribution in [1.29, 1.82) is 0 Å². The van der Waals surface area contributed by atoms with E-state index in [0.717, 1.165) is 5.56 Å². The molecule has 25 heavy (non-hydrogen) atoms. The summed E-state index contributed by atoms with van der Waals surface area (Å²) in [7, 11) is 4.10. The van der Waals surface area contributed by atoms with Gasteiger partial charge in [0.15, 0.2) is 11.5 Å². The van der Waals surface area contributed by atoms with Gasteiger partial charge < -0.3 is 20.1 Å². The van der Waals surface area contributed by atoms with Gasteiger partial charge in [0, 0.05) is 11.1 Å². The maximum Gasteiger partial charge on any atom is 0.251 e. The lowest BCUT2D eigenvalue weighted by Crippen LogP contribution is -3.07. The van der Waals surface area contributed by atoms with Crippen molar-refractivity contribution >= 4 is 17.5 Å². The standard InChI is InChI=1S/C19H23ClN2O3/c1-4-25-17-11-14(10-15(20)18(17)23)19(24)21-12-16(22(2)3)13-8-6-5-7-9-13/h5-11,16,23H,4,12H2,1-3H3,(H,21,24)/p+1/t16-/m1/s1. The van der Waals surface area contributed by atoms with Gasteiger partial charge in [-0.05, 0) is 19.1 Å². The Morgan fingerprint density at radius 2 is 1.96 bits per heavy atom. The van der Waals surface area contributed by atoms with Crippen molar-refractivity contribution in [2.75, 3.05) is 27.2 Å². The molecule has 0 bridgehead atoms. The Labute approximate surface area is 153 Å². The van der Waals surface area contributed by atoms with Gasteiger partial charge >= 0.3 is 0 Å². The number of carbonyl (C=O) groups excluding carboxylic acids is 1. The number of hydrogen-bond donors (Lipinski definition) is 3. The second-order valence-corrected chi connectivity index (χ2v) is 6.40. The van der Waals surface area contributed by atoms with Gasteiger partial charge in [0.25, 0.3) is 5.91 Å². The number of hydrogen-bond acceptors (Lipinski definition) is 3. The van der Waals surface area contributed by atoms with Crippen LogP contribution in [-0.2, 0) is 0 Å². The molecule has 5 nitrogen and oxygen atoms in total. The molecule has 6 heteroatoms. The van der Waals surface area contributed by atoms with Crippen LogP contribution in [0.1, 0.15) is 28.9 Å². The minimum absolute atomic E-state index is 0.0916. The quantitative estimate of drug-likeness (QED) is 0.705. The maximum absolute atomic E-state index is 12.5. The Hall–Kier alpha value is -2.24. The highest BCUT2D eigenvalue weighted by molar-refractivity contribution is 6.32. The fraction of sp³-hybridized carbons (Fsp3) is 0.316. The molecule has 0 aliphatic heterocycles. The first-order chi connectivity index (χ1) is 11.9. The van der Waals surface area contributed by atoms with E-state index in [-0.39, 0.29) is 28.5 Å². The number of phenols is 1. The van der Waals surface area contributed by atoms with Crippen LogP contribution in [0.15, 0.2) is 42.5 Å². The third-order valence-electron chi connectivity index (χ3n) is 3.96. The molecule has 0 spiro atoms. The average molecular weight is 364 g/mol. The van der Waals surface area contributed by atoms with Crippen LogP contribution in [0, 0.1) is 0 Å². The molecule has 0 saturated heterocycles. The van der Waals surface area contributed by atoms with Crippen molar-refractivity contribution in [2.45, 2.75) is 13.0 Å². The molecule has 0 saturated carbocycles. The minimum Gasteiger partial charge on any atom is -0.503 e. The summed E-state index contributed by atoms with van der Waals surface area (Å²) in [5, 5.41) is 12.9. The van der Waals surface area contributed by atoms with E-state index in [2.05, 4.69) is 31.5 Å². The Balaban J connectivity index is 2.13. The van der Waals surface area contributed by atoms with E-state index in [1.54, 1.807) is 6.92 Å². The number of halogens is 1. The van der Waals surface area contributed by atoms with Gasteiger partial charge in [-0.2, -0.15) is 0 Å². The zero-order valence-electron chi connectivity index (χ0n) is 14.7. The molecule has 134 valence electrons. The van der Waals surface area contributed by atoms with Crippen molar-refractivity contribution in [2.24, 2.45) is 0 Å². The first-order valence-electron chi connectivity index (χ1n) is 8.22. The van der Waals surface area contributed by atoms with Crippen LogP contribution in [0.5, 0.6) is 11.5 Å². The Morgan fingerprint density at radius 1 is 1.28 bits per heavy atom. The molecule has 0 aliphatic carbocycles. The van der Waals surface area contributed by atoms with Gasteiger partial charge in [0.05, 0.1) is 32.3 Å². The lowest BCUT2D eigenvalue weighted by molar-refractivity contribution is -0.890. The summed E-state index contributed by atoms with van der Waals surface area (Å²) >= 11 is 5.99. The van der Waals surface area contributed by atoms with Crippen molar-refractivity contribution in [3.63, 3.8) is 0 Å². The molecule has 1 amide bonds. The number of quaternary nitrogens is 1. The third kappa shape index (κ3) is 4.87. The second kappa shape index (κ2) is 8.74. The Morgan fingerprint density at radius 3 is 2.56 bits per heavy atom. The Kier molecular flexibility index (Phi) is 6.67. The third-order valence-corrected chi connectivity index (χ3v) is 4.24. The number of ether oxygens (including phenoxy) is 1. The largest absolute Gasteiger partial charge is 0.503 e. The van der Waals surface area contributed by atoms with Crippen LogP contribution in [0.25, 0.3) is 0 Å². The van der Waals surface area contributed by atoms with E-state index in [4.69, 9.17) is 16.3 Å². The summed E-state index contributed by atoms with van der Waals surface area (Å²) in [5.74, 6) is -0.206. The average Bonchev–Trinajstić information content (AvgIpc) is 2.59. The fourth-order valence-electron chi connectivity index (χ4n) is 2.61. The highest BCUT2D eigenvalue weighted by Crippen LogP contribution is 2.35. The molecular formula is C19H24ClN2O3+. The SMILES string of the molecule is CCOc1cc(C(=O)NC[C@H](c2ccccc2)[NH+](C)C)cc(Cl)c1O. The van der Waals surface area contributed by atoms with E-state index >= 15 is 0 Å². The van der Waals surface area contributed by atoms with Gasteiger partial charge in [-0.1, -0.05) is 41.9 Å². The van der Waals surface area contributed by atoms with E-state index in [9.17, 15) is 9.90 Å². The monoisotopic (exact) mass is 363 g/mol. The first kappa shape index (κ1) is 19.1. The van der Waals surface area contributed by atoms with Crippen LogP contribution in [0.2, 0.25) is 5.02 Å². The molecule has 2 aromatic carbocycles. The zero-order chi connectivity index (χ0) is 18.4. The zero-order valence-corrected chi connectivity index (χ0v) is 15.4. The molecule has 0 aromatic heterocycles. The first-order valence-corrected chi connectivity index (χ1v) is 8.60. The summed E-state index contributed by atoms with van der Waals surface area (Å²) in [4.78, 5) is 13.7. The van der Waals surface area contributed by atoms with Crippen molar-refractivity contribution < 1.29 is 19.5 Å². The van der Waals surface area contributed by atoms with Crippen LogP contribution in [0.4, 0.5) is 0 Å². The number of nitrogens with one attached hydrogen (secondary N) is 2. The number of aromatic hydroxyl groups is 1. The Bertz CT molecular complexity index is 720. The summed E-state index contributed by atoms with van der Waals surface area (Å²) in [6.45, 7) is 2.65. The van der Waals surface area contributed by atoms with Crippen LogP contribution in [0.3, 0.4) is 0 Å². The number of phenolic OH excluding ortho intramolecular Hbond substituents is 1. The van der Waals surface area contributed by atoms with Gasteiger partial charge in [0.2, 0.25) is 0 Å². The molecule has 3 N–H and O–H groups in total. The topological polar surface area (TPSA) is 63.0 Å². The number of likely N-dealkylation sites (N-methyl/N-ethyl adjacent to an activating group) is 1. The van der Waals surface area contributed by atoms with Gasteiger partial charge in [-0.3, -0.25) is 4.79 Å².